The molecule has 2 fully saturated rings. The number of guanidine groups is 1. The predicted molar refractivity (Wildman–Crippen MR) is 96.1 cm³/mol. The van der Waals surface area contributed by atoms with Gasteiger partial charge in [0.05, 0.1) is 0 Å². The summed E-state index contributed by atoms with van der Waals surface area (Å²) < 4.78 is 2.09. The molecule has 1 heterocycles. The molecule has 0 atom stereocenters. The number of hydrogen-bond donors (Lipinski definition) is 2. The molecule has 0 spiro atoms. The fourth-order valence-corrected chi connectivity index (χ4v) is 3.07. The molecule has 7 nitrogen and oxygen atoms in total. The number of aryl methyl sites for hydroxylation is 1. The minimum Gasteiger partial charge on any atom is -0.355 e. The highest BCUT2D eigenvalue weighted by atomic mass is 15.3. The quantitative estimate of drug-likeness (QED) is 0.491. The standard InChI is InChI=1S/C17H31N7/c1-3-16-22-21-13-24(16)11-9-20-17(18-2)19-8-10-23(15-6-7-15)12-14-4-5-14/h13-15H,3-12H2,1-2H3,(H2,18,19,20). The Balaban J connectivity index is 1.34. The molecule has 0 amide bonds. The van der Waals surface area contributed by atoms with Crippen LogP contribution in [0.25, 0.3) is 0 Å². The Morgan fingerprint density at radius 3 is 2.75 bits per heavy atom. The molecule has 2 aliphatic rings. The van der Waals surface area contributed by atoms with Gasteiger partial charge in [-0.3, -0.25) is 9.89 Å². The predicted octanol–water partition coefficient (Wildman–Crippen LogP) is 0.880. The first kappa shape index (κ1) is 17.2. The number of rotatable bonds is 10. The highest BCUT2D eigenvalue weighted by molar-refractivity contribution is 5.79. The van der Waals surface area contributed by atoms with Gasteiger partial charge < -0.3 is 15.2 Å². The second-order valence-electron chi connectivity index (χ2n) is 6.89. The fourth-order valence-electron chi connectivity index (χ4n) is 3.07. The summed E-state index contributed by atoms with van der Waals surface area (Å²) in [4.78, 5) is 6.98. The van der Waals surface area contributed by atoms with Crippen LogP contribution in [0, 0.1) is 5.92 Å². The zero-order valence-corrected chi connectivity index (χ0v) is 15.0. The van der Waals surface area contributed by atoms with Gasteiger partial charge in [0.1, 0.15) is 12.2 Å². The Morgan fingerprint density at radius 2 is 2.08 bits per heavy atom. The van der Waals surface area contributed by atoms with Crippen LogP contribution in [-0.2, 0) is 13.0 Å². The minimum atomic E-state index is 0.819. The summed E-state index contributed by atoms with van der Waals surface area (Å²) in [6.07, 6.45) is 8.34. The van der Waals surface area contributed by atoms with Crippen molar-refractivity contribution in [3.63, 3.8) is 0 Å². The Hall–Kier alpha value is -1.63. The first-order valence-electron chi connectivity index (χ1n) is 9.35. The average molecular weight is 333 g/mol. The molecule has 7 heteroatoms. The Morgan fingerprint density at radius 1 is 1.29 bits per heavy atom. The maximum Gasteiger partial charge on any atom is 0.191 e. The zero-order valence-electron chi connectivity index (χ0n) is 15.0. The van der Waals surface area contributed by atoms with Gasteiger partial charge in [0.25, 0.3) is 0 Å². The highest BCUT2D eigenvalue weighted by Crippen LogP contribution is 2.34. The van der Waals surface area contributed by atoms with E-state index >= 15 is 0 Å². The molecule has 0 bridgehead atoms. The first-order valence-corrected chi connectivity index (χ1v) is 9.35. The molecule has 0 saturated heterocycles. The van der Waals surface area contributed by atoms with E-state index < -0.39 is 0 Å². The lowest BCUT2D eigenvalue weighted by Crippen LogP contribution is -2.43. The summed E-state index contributed by atoms with van der Waals surface area (Å²) in [5.41, 5.74) is 0. The fraction of sp³-hybridized carbons (Fsp3) is 0.824. The van der Waals surface area contributed by atoms with Gasteiger partial charge >= 0.3 is 0 Å². The van der Waals surface area contributed by atoms with Gasteiger partial charge in [0.2, 0.25) is 0 Å². The van der Waals surface area contributed by atoms with Crippen LogP contribution in [0.15, 0.2) is 11.3 Å². The zero-order chi connectivity index (χ0) is 16.8. The molecule has 2 saturated carbocycles. The third-order valence-corrected chi connectivity index (χ3v) is 4.83. The van der Waals surface area contributed by atoms with E-state index in [0.717, 1.165) is 56.3 Å². The maximum atomic E-state index is 4.32. The molecule has 2 N–H and O–H groups in total. The monoisotopic (exact) mass is 333 g/mol. The Labute approximate surface area is 144 Å². The van der Waals surface area contributed by atoms with Crippen LogP contribution in [0.3, 0.4) is 0 Å². The Bertz CT molecular complexity index is 531. The highest BCUT2D eigenvalue weighted by Gasteiger charge is 2.33. The molecule has 134 valence electrons. The van der Waals surface area contributed by atoms with Gasteiger partial charge in [-0.05, 0) is 31.6 Å². The van der Waals surface area contributed by atoms with Crippen LogP contribution < -0.4 is 10.6 Å². The molecule has 1 aromatic heterocycles. The van der Waals surface area contributed by atoms with Crippen molar-refractivity contribution in [2.75, 3.05) is 33.2 Å². The topological polar surface area (TPSA) is 70.4 Å². The average Bonchev–Trinajstić information content (AvgIpc) is 3.51. The molecule has 1 aromatic rings. The van der Waals surface area contributed by atoms with Gasteiger partial charge in [-0.2, -0.15) is 0 Å². The van der Waals surface area contributed by atoms with Crippen molar-refractivity contribution in [1.29, 1.82) is 0 Å². The summed E-state index contributed by atoms with van der Waals surface area (Å²) in [5.74, 6) is 2.88. The van der Waals surface area contributed by atoms with E-state index in [9.17, 15) is 0 Å². The van der Waals surface area contributed by atoms with Crippen molar-refractivity contribution in [2.45, 2.75) is 51.6 Å². The van der Waals surface area contributed by atoms with E-state index in [2.05, 4.69) is 42.2 Å². The number of hydrogen-bond acceptors (Lipinski definition) is 4. The van der Waals surface area contributed by atoms with Crippen LogP contribution in [0.2, 0.25) is 0 Å². The molecule has 0 unspecified atom stereocenters. The van der Waals surface area contributed by atoms with Crippen LogP contribution in [0.4, 0.5) is 0 Å². The number of nitrogens with one attached hydrogen (secondary N) is 2. The molecule has 2 aliphatic carbocycles. The third-order valence-electron chi connectivity index (χ3n) is 4.83. The molecule has 3 rings (SSSR count). The lowest BCUT2D eigenvalue weighted by atomic mass is 10.3. The lowest BCUT2D eigenvalue weighted by Gasteiger charge is -2.22. The molecule has 24 heavy (non-hydrogen) atoms. The summed E-state index contributed by atoms with van der Waals surface area (Å²) in [5, 5.41) is 14.9. The van der Waals surface area contributed by atoms with E-state index in [1.165, 1.54) is 32.2 Å². The Kier molecular flexibility index (Phi) is 6.07. The molecular formula is C17H31N7. The normalized spacial score (nSPS) is 18.2. The van der Waals surface area contributed by atoms with Crippen molar-refractivity contribution in [1.82, 2.24) is 30.3 Å². The summed E-state index contributed by atoms with van der Waals surface area (Å²) in [6, 6.07) is 0.851. The van der Waals surface area contributed by atoms with Gasteiger partial charge in [-0.15, -0.1) is 10.2 Å². The maximum absolute atomic E-state index is 4.32. The van der Waals surface area contributed by atoms with Crippen molar-refractivity contribution >= 4 is 5.96 Å². The van der Waals surface area contributed by atoms with E-state index in [1.54, 1.807) is 6.33 Å². The number of aliphatic imine (C=N–C) groups is 1. The van der Waals surface area contributed by atoms with E-state index in [-0.39, 0.29) is 0 Å². The van der Waals surface area contributed by atoms with E-state index in [4.69, 9.17) is 0 Å². The van der Waals surface area contributed by atoms with Gasteiger partial charge in [0.15, 0.2) is 5.96 Å². The van der Waals surface area contributed by atoms with Crippen LogP contribution in [0.1, 0.15) is 38.4 Å². The molecular weight excluding hydrogens is 302 g/mol. The summed E-state index contributed by atoms with van der Waals surface area (Å²) in [6.45, 7) is 7.14. The summed E-state index contributed by atoms with van der Waals surface area (Å²) in [7, 11) is 1.83. The molecule has 0 radical (unpaired) electrons. The number of aromatic nitrogens is 3. The van der Waals surface area contributed by atoms with E-state index in [0.29, 0.717) is 0 Å². The largest absolute Gasteiger partial charge is 0.355 e. The summed E-state index contributed by atoms with van der Waals surface area (Å²) >= 11 is 0. The first-order chi connectivity index (χ1) is 11.8. The van der Waals surface area contributed by atoms with E-state index in [1.807, 2.05) is 7.05 Å². The van der Waals surface area contributed by atoms with Crippen molar-refractivity contribution in [2.24, 2.45) is 10.9 Å². The smallest absolute Gasteiger partial charge is 0.191 e. The number of nitrogens with zero attached hydrogens (tertiary/aromatic N) is 5. The van der Waals surface area contributed by atoms with Crippen molar-refractivity contribution in [3.05, 3.63) is 12.2 Å². The second-order valence-corrected chi connectivity index (χ2v) is 6.89. The molecule has 0 aromatic carbocycles. The third kappa shape index (κ3) is 5.19. The van der Waals surface area contributed by atoms with Gasteiger partial charge in [0, 0.05) is 52.2 Å². The second kappa shape index (κ2) is 8.46. The van der Waals surface area contributed by atoms with Crippen LogP contribution >= 0.6 is 0 Å². The van der Waals surface area contributed by atoms with Gasteiger partial charge in [-0.25, -0.2) is 0 Å². The minimum absolute atomic E-state index is 0.819. The van der Waals surface area contributed by atoms with Crippen molar-refractivity contribution < 1.29 is 0 Å². The van der Waals surface area contributed by atoms with Crippen LogP contribution in [-0.4, -0.2) is 64.9 Å². The SMILES string of the molecule is CCc1nncn1CCNC(=NC)NCCN(CC1CC1)C1CC1. The van der Waals surface area contributed by atoms with Crippen molar-refractivity contribution in [3.8, 4) is 0 Å². The molecule has 0 aliphatic heterocycles. The van der Waals surface area contributed by atoms with Gasteiger partial charge in [-0.1, -0.05) is 6.92 Å². The lowest BCUT2D eigenvalue weighted by molar-refractivity contribution is 0.256. The van der Waals surface area contributed by atoms with Crippen LogP contribution in [0.5, 0.6) is 0 Å².